The average molecular weight is 423 g/mol. The number of carbonyl (C=O) groups is 4. The molecule has 31 heavy (non-hydrogen) atoms. The number of nitrogens with zero attached hydrogens (tertiary/aromatic N) is 1. The molecular weight excluding hydrogens is 402 g/mol. The first-order chi connectivity index (χ1) is 14.9. The maximum atomic E-state index is 12.9. The second kappa shape index (κ2) is 8.19. The molecule has 0 radical (unpaired) electrons. The summed E-state index contributed by atoms with van der Waals surface area (Å²) < 4.78 is 4.92. The van der Waals surface area contributed by atoms with Crippen LogP contribution in [0.3, 0.4) is 0 Å². The molecule has 2 aliphatic rings. The van der Waals surface area contributed by atoms with Gasteiger partial charge in [-0.1, -0.05) is 24.3 Å². The van der Waals surface area contributed by atoms with E-state index in [-0.39, 0.29) is 29.9 Å². The van der Waals surface area contributed by atoms with Gasteiger partial charge in [0.2, 0.25) is 5.91 Å². The number of fused-ring (bicyclic) bond motifs is 2. The number of esters is 1. The number of benzene rings is 2. The lowest BCUT2D eigenvalue weighted by molar-refractivity contribution is -0.145. The Morgan fingerprint density at radius 2 is 1.87 bits per heavy atom. The lowest BCUT2D eigenvalue weighted by Crippen LogP contribution is -2.46. The summed E-state index contributed by atoms with van der Waals surface area (Å²) in [5.41, 5.74) is 4.59. The number of hydroxylamine groups is 1. The lowest BCUT2D eigenvalue weighted by Gasteiger charge is -2.26. The normalized spacial score (nSPS) is 17.6. The highest BCUT2D eigenvalue weighted by atomic mass is 16.5. The van der Waals surface area contributed by atoms with Gasteiger partial charge >= 0.3 is 5.97 Å². The summed E-state index contributed by atoms with van der Waals surface area (Å²) in [6.07, 6.45) is 0.227. The van der Waals surface area contributed by atoms with Crippen LogP contribution in [0.5, 0.6) is 0 Å². The molecule has 9 nitrogen and oxygen atoms in total. The molecule has 2 aromatic rings. The third-order valence-electron chi connectivity index (χ3n) is 5.70. The minimum atomic E-state index is -1.06. The Labute approximate surface area is 177 Å². The molecule has 0 saturated heterocycles. The second-order valence-corrected chi connectivity index (χ2v) is 7.51. The quantitative estimate of drug-likeness (QED) is 0.278. The van der Waals surface area contributed by atoms with Crippen LogP contribution in [-0.2, 0) is 20.7 Å². The molecule has 2 atom stereocenters. The molecule has 0 saturated carbocycles. The number of hydrogen-bond acceptors (Lipinski definition) is 7. The number of anilines is 1. The van der Waals surface area contributed by atoms with Crippen molar-refractivity contribution in [3.8, 4) is 0 Å². The summed E-state index contributed by atoms with van der Waals surface area (Å²) in [7, 11) is 1.23. The maximum absolute atomic E-state index is 12.9. The number of carbonyl (C=O) groups excluding carboxylic acids is 4. The van der Waals surface area contributed by atoms with E-state index in [4.69, 9.17) is 9.94 Å². The number of ether oxygens (including phenoxy) is 1. The topological polar surface area (TPSA) is 125 Å². The number of amides is 3. The smallest absolute Gasteiger partial charge is 0.329 e. The monoisotopic (exact) mass is 423 g/mol. The average Bonchev–Trinajstić information content (AvgIpc) is 3.30. The summed E-state index contributed by atoms with van der Waals surface area (Å²) in [5, 5.41) is 11.9. The summed E-state index contributed by atoms with van der Waals surface area (Å²) in [5.74, 6) is -2.34. The van der Waals surface area contributed by atoms with Crippen LogP contribution in [0.4, 0.5) is 5.69 Å². The Hall–Kier alpha value is -3.72. The van der Waals surface area contributed by atoms with E-state index in [9.17, 15) is 19.2 Å². The summed E-state index contributed by atoms with van der Waals surface area (Å²) >= 11 is 0. The van der Waals surface area contributed by atoms with Crippen LogP contribution in [0.1, 0.15) is 44.2 Å². The van der Waals surface area contributed by atoms with E-state index in [1.807, 2.05) is 6.07 Å². The predicted octanol–water partition coefficient (Wildman–Crippen LogP) is 1.47. The molecule has 2 heterocycles. The van der Waals surface area contributed by atoms with Gasteiger partial charge in [-0.05, 0) is 35.7 Å². The Kier molecular flexibility index (Phi) is 5.43. The van der Waals surface area contributed by atoms with Crippen LogP contribution in [0.25, 0.3) is 0 Å². The van der Waals surface area contributed by atoms with Gasteiger partial charge in [-0.3, -0.25) is 24.5 Å². The van der Waals surface area contributed by atoms with Gasteiger partial charge in [-0.2, -0.15) is 0 Å². The fourth-order valence-corrected chi connectivity index (χ4v) is 4.20. The molecule has 0 spiro atoms. The van der Waals surface area contributed by atoms with E-state index in [1.165, 1.54) is 7.11 Å². The molecule has 1 unspecified atom stereocenters. The zero-order chi connectivity index (χ0) is 22.1. The fraction of sp³-hybridized carbons (Fsp3) is 0.273. The molecule has 9 heteroatoms. The second-order valence-electron chi connectivity index (χ2n) is 7.51. The lowest BCUT2D eigenvalue weighted by atomic mass is 9.92. The molecule has 3 N–H and O–H groups in total. The fourth-order valence-electron chi connectivity index (χ4n) is 4.20. The van der Waals surface area contributed by atoms with E-state index in [0.29, 0.717) is 12.1 Å². The van der Waals surface area contributed by atoms with Crippen molar-refractivity contribution in [3.05, 3.63) is 64.7 Å². The molecule has 2 aromatic carbocycles. The van der Waals surface area contributed by atoms with Crippen LogP contribution in [0.2, 0.25) is 0 Å². The molecule has 0 aromatic heterocycles. The van der Waals surface area contributed by atoms with Crippen LogP contribution >= 0.6 is 0 Å². The third-order valence-corrected chi connectivity index (χ3v) is 5.70. The van der Waals surface area contributed by atoms with Crippen molar-refractivity contribution < 1.29 is 29.1 Å². The van der Waals surface area contributed by atoms with Crippen molar-refractivity contribution >= 4 is 29.4 Å². The standard InChI is InChI=1S/C22H21N3O6/c1-31-22(29)18(25-20(27)15-4-2-3-5-16(15)21(25)28)10-13-11-23-17-8-12(6-7-14(13)17)9-19(26)24-30/h2-8,13,18,23,30H,9-11H2,1H3,(H,24,26)/t13?,18-/m0/s1. The Morgan fingerprint density at radius 1 is 1.19 bits per heavy atom. The predicted molar refractivity (Wildman–Crippen MR) is 109 cm³/mol. The first kappa shape index (κ1) is 20.5. The highest BCUT2D eigenvalue weighted by molar-refractivity contribution is 6.22. The van der Waals surface area contributed by atoms with Crippen molar-refractivity contribution in [2.75, 3.05) is 19.0 Å². The highest BCUT2D eigenvalue weighted by Gasteiger charge is 2.44. The SMILES string of the molecule is COC(=O)[C@H](CC1CNc2cc(CC(=O)NO)ccc21)N1C(=O)c2ccccc2C1=O. The third kappa shape index (κ3) is 3.64. The zero-order valence-corrected chi connectivity index (χ0v) is 16.8. The van der Waals surface area contributed by atoms with E-state index in [1.54, 1.807) is 41.9 Å². The van der Waals surface area contributed by atoms with Crippen LogP contribution in [0, 0.1) is 0 Å². The van der Waals surface area contributed by atoms with Crippen molar-refractivity contribution in [3.63, 3.8) is 0 Å². The molecule has 3 amide bonds. The van der Waals surface area contributed by atoms with Gasteiger partial charge in [-0.25, -0.2) is 10.3 Å². The van der Waals surface area contributed by atoms with Gasteiger partial charge in [0, 0.05) is 18.2 Å². The van der Waals surface area contributed by atoms with E-state index >= 15 is 0 Å². The van der Waals surface area contributed by atoms with Crippen molar-refractivity contribution in [2.24, 2.45) is 0 Å². The van der Waals surface area contributed by atoms with Crippen molar-refractivity contribution in [1.29, 1.82) is 0 Å². The molecule has 0 fully saturated rings. The number of methoxy groups -OCH3 is 1. The minimum Gasteiger partial charge on any atom is -0.467 e. The maximum Gasteiger partial charge on any atom is 0.329 e. The first-order valence-electron chi connectivity index (χ1n) is 9.79. The van der Waals surface area contributed by atoms with Gasteiger partial charge < -0.3 is 10.1 Å². The molecular formula is C22H21N3O6. The van der Waals surface area contributed by atoms with Gasteiger partial charge in [0.05, 0.1) is 24.7 Å². The molecule has 160 valence electrons. The van der Waals surface area contributed by atoms with Crippen LogP contribution in [0.15, 0.2) is 42.5 Å². The highest BCUT2D eigenvalue weighted by Crippen LogP contribution is 2.37. The van der Waals surface area contributed by atoms with E-state index in [0.717, 1.165) is 16.2 Å². The Bertz CT molecular complexity index is 1050. The van der Waals surface area contributed by atoms with Crippen molar-refractivity contribution in [1.82, 2.24) is 10.4 Å². The molecule has 2 aliphatic heterocycles. The largest absolute Gasteiger partial charge is 0.467 e. The van der Waals surface area contributed by atoms with Crippen LogP contribution < -0.4 is 10.8 Å². The summed E-state index contributed by atoms with van der Waals surface area (Å²) in [6.45, 7) is 0.502. The number of rotatable bonds is 6. The molecule has 0 aliphatic carbocycles. The summed E-state index contributed by atoms with van der Waals surface area (Å²) in [4.78, 5) is 50.8. The van der Waals surface area contributed by atoms with Gasteiger partial charge in [0.1, 0.15) is 6.04 Å². The number of imide groups is 1. The van der Waals surface area contributed by atoms with Gasteiger partial charge in [-0.15, -0.1) is 0 Å². The Morgan fingerprint density at radius 3 is 2.48 bits per heavy atom. The van der Waals surface area contributed by atoms with Gasteiger partial charge in [0.25, 0.3) is 11.8 Å². The van der Waals surface area contributed by atoms with E-state index in [2.05, 4.69) is 5.32 Å². The summed E-state index contributed by atoms with van der Waals surface area (Å²) in [6, 6.07) is 10.8. The zero-order valence-electron chi connectivity index (χ0n) is 16.8. The van der Waals surface area contributed by atoms with E-state index < -0.39 is 29.7 Å². The number of hydrogen-bond donors (Lipinski definition) is 3. The van der Waals surface area contributed by atoms with Gasteiger partial charge in [0.15, 0.2) is 0 Å². The minimum absolute atomic E-state index is 0.0238. The number of nitrogens with one attached hydrogen (secondary N) is 2. The first-order valence-corrected chi connectivity index (χ1v) is 9.79. The van der Waals surface area contributed by atoms with Crippen molar-refractivity contribution in [2.45, 2.75) is 24.8 Å². The Balaban J connectivity index is 1.59. The molecule has 0 bridgehead atoms. The van der Waals surface area contributed by atoms with Crippen LogP contribution in [-0.4, -0.2) is 53.5 Å². The molecule has 4 rings (SSSR count).